The maximum Gasteiger partial charge on any atom is 0.133 e. The lowest BCUT2D eigenvalue weighted by atomic mass is 10.2. The minimum Gasteiger partial charge on any atom is -0.496 e. The largest absolute Gasteiger partial charge is 0.496 e. The maximum atomic E-state index is 6.28. The normalized spacial score (nSPS) is 16.4. The molecular weight excluding hydrogens is 324 g/mol. The SMILES string of the molecule is COc1ccc(-c2nc(C)c(C3(N)CC3)s2)cc1Br. The second-order valence-corrected chi connectivity index (χ2v) is 6.79. The van der Waals surface area contributed by atoms with Crippen LogP contribution in [0.15, 0.2) is 22.7 Å². The summed E-state index contributed by atoms with van der Waals surface area (Å²) in [7, 11) is 1.66. The third-order valence-electron chi connectivity index (χ3n) is 3.44. The summed E-state index contributed by atoms with van der Waals surface area (Å²) in [6, 6.07) is 6.02. The Morgan fingerprint density at radius 2 is 2.16 bits per heavy atom. The molecule has 0 atom stereocenters. The fourth-order valence-electron chi connectivity index (χ4n) is 2.14. The lowest BCUT2D eigenvalue weighted by Gasteiger charge is -2.05. The molecule has 0 radical (unpaired) electrons. The van der Waals surface area contributed by atoms with E-state index in [9.17, 15) is 0 Å². The summed E-state index contributed by atoms with van der Waals surface area (Å²) in [5.74, 6) is 0.828. The van der Waals surface area contributed by atoms with Crippen molar-refractivity contribution in [2.75, 3.05) is 7.11 Å². The Bertz CT molecular complexity index is 634. The highest BCUT2D eigenvalue weighted by Gasteiger charge is 2.43. The quantitative estimate of drug-likeness (QED) is 0.924. The van der Waals surface area contributed by atoms with Gasteiger partial charge in [-0.25, -0.2) is 4.98 Å². The summed E-state index contributed by atoms with van der Waals surface area (Å²) in [5, 5.41) is 1.02. The molecule has 1 fully saturated rings. The molecule has 0 saturated heterocycles. The average Bonchev–Trinajstić information content (AvgIpc) is 2.99. The van der Waals surface area contributed by atoms with Crippen molar-refractivity contribution in [3.8, 4) is 16.3 Å². The molecule has 0 spiro atoms. The van der Waals surface area contributed by atoms with Gasteiger partial charge < -0.3 is 10.5 Å². The van der Waals surface area contributed by atoms with Crippen molar-refractivity contribution in [3.63, 3.8) is 0 Å². The predicted octanol–water partition coefficient (Wildman–Crippen LogP) is 3.84. The van der Waals surface area contributed by atoms with Gasteiger partial charge in [-0.1, -0.05) is 0 Å². The van der Waals surface area contributed by atoms with Crippen LogP contribution < -0.4 is 10.5 Å². The van der Waals surface area contributed by atoms with Crippen LogP contribution in [0.25, 0.3) is 10.6 Å². The Labute approximate surface area is 124 Å². The molecule has 1 aliphatic carbocycles. The molecule has 3 nitrogen and oxygen atoms in total. The van der Waals surface area contributed by atoms with Gasteiger partial charge in [-0.15, -0.1) is 11.3 Å². The minimum absolute atomic E-state index is 0.107. The highest BCUT2D eigenvalue weighted by Crippen LogP contribution is 2.48. The van der Waals surface area contributed by atoms with Crippen LogP contribution in [0.4, 0.5) is 0 Å². The van der Waals surface area contributed by atoms with Crippen molar-refractivity contribution in [2.45, 2.75) is 25.3 Å². The van der Waals surface area contributed by atoms with Crippen molar-refractivity contribution < 1.29 is 4.74 Å². The van der Waals surface area contributed by atoms with Gasteiger partial charge in [0, 0.05) is 10.4 Å². The zero-order chi connectivity index (χ0) is 13.6. The monoisotopic (exact) mass is 338 g/mol. The van der Waals surface area contributed by atoms with E-state index < -0.39 is 0 Å². The number of nitrogens with two attached hydrogens (primary N) is 1. The van der Waals surface area contributed by atoms with Crippen LogP contribution >= 0.6 is 27.3 Å². The fourth-order valence-corrected chi connectivity index (χ4v) is 3.91. The molecule has 1 aromatic heterocycles. The van der Waals surface area contributed by atoms with Crippen LogP contribution in [0.2, 0.25) is 0 Å². The van der Waals surface area contributed by atoms with Gasteiger partial charge in [0.1, 0.15) is 10.8 Å². The summed E-state index contributed by atoms with van der Waals surface area (Å²) < 4.78 is 6.19. The summed E-state index contributed by atoms with van der Waals surface area (Å²) in [4.78, 5) is 5.89. The smallest absolute Gasteiger partial charge is 0.133 e. The number of nitrogens with zero attached hydrogens (tertiary/aromatic N) is 1. The first-order valence-electron chi connectivity index (χ1n) is 6.14. The lowest BCUT2D eigenvalue weighted by Crippen LogP contribution is -2.18. The number of thiazole rings is 1. The summed E-state index contributed by atoms with van der Waals surface area (Å²) in [6.45, 7) is 2.04. The average molecular weight is 339 g/mol. The highest BCUT2D eigenvalue weighted by atomic mass is 79.9. The Kier molecular flexibility index (Phi) is 3.15. The molecule has 5 heteroatoms. The second-order valence-electron chi connectivity index (χ2n) is 4.94. The number of aromatic nitrogens is 1. The van der Waals surface area contributed by atoms with E-state index in [1.165, 1.54) is 4.88 Å². The number of rotatable bonds is 3. The zero-order valence-electron chi connectivity index (χ0n) is 10.9. The number of halogens is 1. The number of hydrogen-bond donors (Lipinski definition) is 1. The van der Waals surface area contributed by atoms with Crippen LogP contribution in [0.3, 0.4) is 0 Å². The van der Waals surface area contributed by atoms with E-state index in [-0.39, 0.29) is 5.54 Å². The Morgan fingerprint density at radius 1 is 1.42 bits per heavy atom. The Morgan fingerprint density at radius 3 is 2.74 bits per heavy atom. The number of aryl methyl sites for hydroxylation is 1. The van der Waals surface area contributed by atoms with Crippen molar-refractivity contribution in [1.29, 1.82) is 0 Å². The molecule has 1 saturated carbocycles. The van der Waals surface area contributed by atoms with Crippen molar-refractivity contribution in [1.82, 2.24) is 4.98 Å². The third-order valence-corrected chi connectivity index (χ3v) is 5.48. The van der Waals surface area contributed by atoms with Crippen LogP contribution in [0, 0.1) is 6.92 Å². The molecule has 2 N–H and O–H groups in total. The second kappa shape index (κ2) is 4.58. The Balaban J connectivity index is 2.01. The van der Waals surface area contributed by atoms with E-state index in [2.05, 4.69) is 20.9 Å². The molecular formula is C14H15BrN2OS. The molecule has 3 rings (SSSR count). The predicted molar refractivity (Wildman–Crippen MR) is 81.6 cm³/mol. The van der Waals surface area contributed by atoms with Gasteiger partial charge in [-0.05, 0) is 53.9 Å². The first-order valence-corrected chi connectivity index (χ1v) is 7.75. The van der Waals surface area contributed by atoms with E-state index in [0.717, 1.165) is 39.3 Å². The van der Waals surface area contributed by atoms with Gasteiger partial charge in [-0.2, -0.15) is 0 Å². The topological polar surface area (TPSA) is 48.1 Å². The van der Waals surface area contributed by atoms with E-state index in [0.29, 0.717) is 0 Å². The van der Waals surface area contributed by atoms with E-state index in [1.54, 1.807) is 18.4 Å². The standard InChI is InChI=1S/C14H15BrN2OS/c1-8-12(14(16)5-6-14)19-13(17-8)9-3-4-11(18-2)10(15)7-9/h3-4,7H,5-6,16H2,1-2H3. The van der Waals surface area contributed by atoms with Crippen molar-refractivity contribution in [3.05, 3.63) is 33.2 Å². The van der Waals surface area contributed by atoms with Gasteiger partial charge in [-0.3, -0.25) is 0 Å². The van der Waals surface area contributed by atoms with Crippen LogP contribution in [-0.4, -0.2) is 12.1 Å². The van der Waals surface area contributed by atoms with Crippen LogP contribution in [0.5, 0.6) is 5.75 Å². The zero-order valence-corrected chi connectivity index (χ0v) is 13.3. The number of methoxy groups -OCH3 is 1. The first-order chi connectivity index (χ1) is 9.03. The van der Waals surface area contributed by atoms with Crippen LogP contribution in [-0.2, 0) is 5.54 Å². The molecule has 0 bridgehead atoms. The van der Waals surface area contributed by atoms with E-state index >= 15 is 0 Å². The van der Waals surface area contributed by atoms with E-state index in [4.69, 9.17) is 10.5 Å². The van der Waals surface area contributed by atoms with Gasteiger partial charge in [0.05, 0.1) is 22.8 Å². The molecule has 100 valence electrons. The molecule has 1 aliphatic rings. The number of hydrogen-bond acceptors (Lipinski definition) is 4. The molecule has 1 aromatic carbocycles. The van der Waals surface area contributed by atoms with Crippen LogP contribution in [0.1, 0.15) is 23.4 Å². The van der Waals surface area contributed by atoms with E-state index in [1.807, 2.05) is 25.1 Å². The number of ether oxygens (including phenoxy) is 1. The summed E-state index contributed by atoms with van der Waals surface area (Å²) in [5.41, 5.74) is 8.33. The van der Waals surface area contributed by atoms with Gasteiger partial charge in [0.15, 0.2) is 0 Å². The fraction of sp³-hybridized carbons (Fsp3) is 0.357. The summed E-state index contributed by atoms with van der Waals surface area (Å²) in [6.07, 6.45) is 2.14. The molecule has 1 heterocycles. The number of benzene rings is 1. The highest BCUT2D eigenvalue weighted by molar-refractivity contribution is 9.10. The van der Waals surface area contributed by atoms with Gasteiger partial charge in [0.25, 0.3) is 0 Å². The minimum atomic E-state index is -0.107. The van der Waals surface area contributed by atoms with Gasteiger partial charge in [0.2, 0.25) is 0 Å². The molecule has 2 aromatic rings. The lowest BCUT2D eigenvalue weighted by molar-refractivity contribution is 0.412. The molecule has 0 unspecified atom stereocenters. The van der Waals surface area contributed by atoms with Crippen molar-refractivity contribution >= 4 is 27.3 Å². The Hall–Kier alpha value is -0.910. The molecule has 19 heavy (non-hydrogen) atoms. The molecule has 0 aliphatic heterocycles. The first kappa shape index (κ1) is 13.1. The van der Waals surface area contributed by atoms with Crippen molar-refractivity contribution in [2.24, 2.45) is 5.73 Å². The summed E-state index contributed by atoms with van der Waals surface area (Å²) >= 11 is 5.22. The van der Waals surface area contributed by atoms with Gasteiger partial charge >= 0.3 is 0 Å². The molecule has 0 amide bonds. The third kappa shape index (κ3) is 2.30. The maximum absolute atomic E-state index is 6.28.